The molecule has 1 saturated heterocycles. The Kier molecular flexibility index (Phi) is 4.32. The van der Waals surface area contributed by atoms with Gasteiger partial charge in [-0.25, -0.2) is 0 Å². The Morgan fingerprint density at radius 2 is 1.58 bits per heavy atom. The first kappa shape index (κ1) is 13.7. The highest BCUT2D eigenvalue weighted by Crippen LogP contribution is 2.17. The molecule has 0 aliphatic carbocycles. The molecule has 0 atom stereocenters. The minimum Gasteiger partial charge on any atom is -0.369 e. The molecule has 19 heavy (non-hydrogen) atoms. The van der Waals surface area contributed by atoms with E-state index in [1.54, 1.807) is 13.8 Å². The van der Waals surface area contributed by atoms with E-state index in [0.29, 0.717) is 6.54 Å². The fraction of sp³-hybridized carbons (Fsp3) is 0.467. The van der Waals surface area contributed by atoms with Crippen molar-refractivity contribution < 1.29 is 9.59 Å². The van der Waals surface area contributed by atoms with Crippen molar-refractivity contribution in [1.29, 1.82) is 0 Å². The van der Waals surface area contributed by atoms with E-state index >= 15 is 0 Å². The van der Waals surface area contributed by atoms with E-state index < -0.39 is 0 Å². The predicted octanol–water partition coefficient (Wildman–Crippen LogP) is 1.60. The van der Waals surface area contributed by atoms with Crippen LogP contribution in [0.3, 0.4) is 0 Å². The molecule has 0 spiro atoms. The quantitative estimate of drug-likeness (QED) is 0.771. The average Bonchev–Trinajstić information content (AvgIpc) is 2.39. The number of nitrogens with zero attached hydrogens (tertiary/aromatic N) is 2. The molecule has 1 aliphatic heterocycles. The Hall–Kier alpha value is -1.68. The maximum atomic E-state index is 11.2. The van der Waals surface area contributed by atoms with E-state index in [-0.39, 0.29) is 11.6 Å². The van der Waals surface area contributed by atoms with Gasteiger partial charge in [0.1, 0.15) is 5.78 Å². The molecular weight excluding hydrogens is 240 g/mol. The summed E-state index contributed by atoms with van der Waals surface area (Å²) in [6, 6.07) is 7.74. The maximum Gasteiger partial charge on any atom is 0.159 e. The predicted molar refractivity (Wildman–Crippen MR) is 75.8 cm³/mol. The summed E-state index contributed by atoms with van der Waals surface area (Å²) in [5.74, 6) is 0.317. The van der Waals surface area contributed by atoms with Crippen LogP contribution in [0, 0.1) is 0 Å². The van der Waals surface area contributed by atoms with E-state index in [1.807, 2.05) is 24.3 Å². The summed E-state index contributed by atoms with van der Waals surface area (Å²) in [7, 11) is 0. The Bertz CT molecular complexity index is 460. The van der Waals surface area contributed by atoms with E-state index in [2.05, 4.69) is 9.80 Å². The topological polar surface area (TPSA) is 40.6 Å². The van der Waals surface area contributed by atoms with Gasteiger partial charge in [0, 0.05) is 37.4 Å². The number of piperazine rings is 1. The lowest BCUT2D eigenvalue weighted by Crippen LogP contribution is -2.47. The number of anilines is 1. The van der Waals surface area contributed by atoms with Crippen molar-refractivity contribution >= 4 is 17.3 Å². The number of carbonyl (C=O) groups is 2. The molecule has 1 fully saturated rings. The summed E-state index contributed by atoms with van der Waals surface area (Å²) in [5.41, 5.74) is 1.89. The van der Waals surface area contributed by atoms with Crippen molar-refractivity contribution in [3.8, 4) is 0 Å². The molecule has 1 aromatic carbocycles. The zero-order valence-corrected chi connectivity index (χ0v) is 11.6. The second-order valence-corrected chi connectivity index (χ2v) is 5.07. The first-order chi connectivity index (χ1) is 9.06. The van der Waals surface area contributed by atoms with E-state index in [4.69, 9.17) is 0 Å². The van der Waals surface area contributed by atoms with Crippen LogP contribution in [0.5, 0.6) is 0 Å². The highest BCUT2D eigenvalue weighted by Gasteiger charge is 2.17. The van der Waals surface area contributed by atoms with Gasteiger partial charge in [-0.1, -0.05) is 0 Å². The molecule has 4 nitrogen and oxygen atoms in total. The fourth-order valence-electron chi connectivity index (χ4n) is 2.39. The van der Waals surface area contributed by atoms with Crippen molar-refractivity contribution in [2.75, 3.05) is 37.6 Å². The van der Waals surface area contributed by atoms with Crippen LogP contribution < -0.4 is 4.90 Å². The molecule has 1 aliphatic rings. The van der Waals surface area contributed by atoms with Gasteiger partial charge in [0.05, 0.1) is 6.54 Å². The van der Waals surface area contributed by atoms with Gasteiger partial charge in [0.25, 0.3) is 0 Å². The van der Waals surface area contributed by atoms with Crippen LogP contribution in [-0.2, 0) is 4.79 Å². The molecule has 0 unspecified atom stereocenters. The van der Waals surface area contributed by atoms with Crippen LogP contribution in [0.4, 0.5) is 5.69 Å². The van der Waals surface area contributed by atoms with Crippen molar-refractivity contribution in [3.63, 3.8) is 0 Å². The monoisotopic (exact) mass is 260 g/mol. The molecule has 0 radical (unpaired) electrons. The van der Waals surface area contributed by atoms with Crippen LogP contribution in [0.25, 0.3) is 0 Å². The third-order valence-electron chi connectivity index (χ3n) is 3.46. The molecular formula is C15H20N2O2. The number of rotatable bonds is 4. The molecule has 0 bridgehead atoms. The van der Waals surface area contributed by atoms with Gasteiger partial charge in [-0.05, 0) is 38.1 Å². The summed E-state index contributed by atoms with van der Waals surface area (Å²) >= 11 is 0. The molecule has 0 N–H and O–H groups in total. The zero-order valence-electron chi connectivity index (χ0n) is 11.6. The Balaban J connectivity index is 1.94. The van der Waals surface area contributed by atoms with Crippen molar-refractivity contribution in [2.45, 2.75) is 13.8 Å². The van der Waals surface area contributed by atoms with Gasteiger partial charge in [-0.15, -0.1) is 0 Å². The highest BCUT2D eigenvalue weighted by atomic mass is 16.1. The smallest absolute Gasteiger partial charge is 0.159 e. The molecule has 1 heterocycles. The van der Waals surface area contributed by atoms with Crippen LogP contribution >= 0.6 is 0 Å². The summed E-state index contributed by atoms with van der Waals surface area (Å²) in [6.07, 6.45) is 0. The Labute approximate surface area is 114 Å². The van der Waals surface area contributed by atoms with Crippen LogP contribution in [0.2, 0.25) is 0 Å². The fourth-order valence-corrected chi connectivity index (χ4v) is 2.39. The molecule has 0 saturated carbocycles. The van der Waals surface area contributed by atoms with E-state index in [1.165, 1.54) is 0 Å². The summed E-state index contributed by atoms with van der Waals surface area (Å²) in [6.45, 7) is 7.43. The lowest BCUT2D eigenvalue weighted by Gasteiger charge is -2.35. The molecule has 102 valence electrons. The zero-order chi connectivity index (χ0) is 13.8. The summed E-state index contributed by atoms with van der Waals surface area (Å²) in [4.78, 5) is 26.8. The molecule has 0 aromatic heterocycles. The van der Waals surface area contributed by atoms with Gasteiger partial charge in [0.2, 0.25) is 0 Å². The van der Waals surface area contributed by atoms with Crippen LogP contribution in [-0.4, -0.2) is 49.2 Å². The number of carbonyl (C=O) groups excluding carboxylic acids is 2. The Morgan fingerprint density at radius 3 is 2.05 bits per heavy atom. The van der Waals surface area contributed by atoms with Gasteiger partial charge in [-0.3, -0.25) is 14.5 Å². The number of hydrogen-bond donors (Lipinski definition) is 0. The second kappa shape index (κ2) is 5.97. The first-order valence-corrected chi connectivity index (χ1v) is 6.64. The van der Waals surface area contributed by atoms with Gasteiger partial charge in [0.15, 0.2) is 5.78 Å². The molecule has 1 aromatic rings. The number of benzene rings is 1. The Morgan fingerprint density at radius 1 is 1.00 bits per heavy atom. The van der Waals surface area contributed by atoms with Crippen molar-refractivity contribution in [3.05, 3.63) is 29.8 Å². The number of Topliss-reactive ketones (excluding diaryl/α,β-unsaturated/α-hetero) is 2. The van der Waals surface area contributed by atoms with Crippen LogP contribution in [0.1, 0.15) is 24.2 Å². The van der Waals surface area contributed by atoms with Crippen LogP contribution in [0.15, 0.2) is 24.3 Å². The maximum absolute atomic E-state index is 11.2. The van der Waals surface area contributed by atoms with Gasteiger partial charge in [-0.2, -0.15) is 0 Å². The lowest BCUT2D eigenvalue weighted by atomic mass is 10.1. The number of ketones is 2. The molecule has 4 heteroatoms. The third kappa shape index (κ3) is 3.64. The molecule has 2 rings (SSSR count). The summed E-state index contributed by atoms with van der Waals surface area (Å²) in [5, 5.41) is 0. The van der Waals surface area contributed by atoms with E-state index in [9.17, 15) is 9.59 Å². The first-order valence-electron chi connectivity index (χ1n) is 6.64. The normalized spacial score (nSPS) is 16.4. The average molecular weight is 260 g/mol. The SMILES string of the molecule is CC(=O)CN1CCN(c2ccc(C(C)=O)cc2)CC1. The third-order valence-corrected chi connectivity index (χ3v) is 3.46. The van der Waals surface area contributed by atoms with Gasteiger partial charge >= 0.3 is 0 Å². The largest absolute Gasteiger partial charge is 0.369 e. The standard InChI is InChI=1S/C15H20N2O2/c1-12(18)11-16-7-9-17(10-8-16)15-5-3-14(4-6-15)13(2)19/h3-6H,7-11H2,1-2H3. The minimum atomic E-state index is 0.0952. The van der Waals surface area contributed by atoms with Crippen molar-refractivity contribution in [2.24, 2.45) is 0 Å². The highest BCUT2D eigenvalue weighted by molar-refractivity contribution is 5.94. The summed E-state index contributed by atoms with van der Waals surface area (Å²) < 4.78 is 0. The molecule has 0 amide bonds. The van der Waals surface area contributed by atoms with E-state index in [0.717, 1.165) is 37.4 Å². The second-order valence-electron chi connectivity index (χ2n) is 5.07. The van der Waals surface area contributed by atoms with Gasteiger partial charge < -0.3 is 4.90 Å². The van der Waals surface area contributed by atoms with Crippen molar-refractivity contribution in [1.82, 2.24) is 4.90 Å². The number of hydrogen-bond acceptors (Lipinski definition) is 4. The minimum absolute atomic E-state index is 0.0952. The lowest BCUT2D eigenvalue weighted by molar-refractivity contribution is -0.118.